The molecule has 0 saturated carbocycles. The molecule has 0 aliphatic carbocycles. The lowest BCUT2D eigenvalue weighted by Gasteiger charge is -2.48. The van der Waals surface area contributed by atoms with Crippen LogP contribution in [0.3, 0.4) is 0 Å². The van der Waals surface area contributed by atoms with Gasteiger partial charge in [0.1, 0.15) is 17.4 Å². The predicted octanol–water partition coefficient (Wildman–Crippen LogP) is 3.39. The quantitative estimate of drug-likeness (QED) is 0.211. The maximum atomic E-state index is 16.0. The minimum Gasteiger partial charge on any atom is -0.489 e. The largest absolute Gasteiger partial charge is 0.489 e. The van der Waals surface area contributed by atoms with Crippen LogP contribution in [0.15, 0.2) is 61.2 Å². The van der Waals surface area contributed by atoms with E-state index < -0.39 is 35.3 Å². The van der Waals surface area contributed by atoms with Crippen molar-refractivity contribution < 1.29 is 33.1 Å². The third-order valence-electron chi connectivity index (χ3n) is 10.9. The Labute approximate surface area is 319 Å². The van der Waals surface area contributed by atoms with Crippen molar-refractivity contribution in [1.29, 1.82) is 0 Å². The molecule has 0 unspecified atom stereocenters. The van der Waals surface area contributed by atoms with Gasteiger partial charge in [-0.3, -0.25) is 43.8 Å². The summed E-state index contributed by atoms with van der Waals surface area (Å²) in [6.07, 6.45) is 8.33. The van der Waals surface area contributed by atoms with Crippen LogP contribution in [-0.2, 0) is 9.59 Å². The molecule has 16 nitrogen and oxygen atoms in total. The van der Waals surface area contributed by atoms with Gasteiger partial charge in [0.25, 0.3) is 17.7 Å². The lowest BCUT2D eigenvalue weighted by atomic mass is 9.92. The Morgan fingerprint density at radius 1 is 1.05 bits per heavy atom. The van der Waals surface area contributed by atoms with Gasteiger partial charge in [0.05, 0.1) is 53.8 Å². The van der Waals surface area contributed by atoms with Crippen molar-refractivity contribution in [2.24, 2.45) is 0 Å². The molecular weight excluding hydrogens is 723 g/mol. The van der Waals surface area contributed by atoms with Gasteiger partial charge < -0.3 is 15.0 Å². The fourth-order valence-electron chi connectivity index (χ4n) is 8.20. The number of imide groups is 2. The Balaban J connectivity index is 0.822. The van der Waals surface area contributed by atoms with Crippen LogP contribution in [0.4, 0.5) is 15.8 Å². The maximum Gasteiger partial charge on any atom is 0.262 e. The second-order valence-corrected chi connectivity index (χ2v) is 15.3. The summed E-state index contributed by atoms with van der Waals surface area (Å²) in [5.74, 6) is -2.11. The topological polar surface area (TPSA) is 176 Å². The van der Waals surface area contributed by atoms with Gasteiger partial charge in [0, 0.05) is 61.8 Å². The average Bonchev–Trinajstić information content (AvgIpc) is 3.85. The van der Waals surface area contributed by atoms with Gasteiger partial charge in [-0.1, -0.05) is 0 Å². The summed E-state index contributed by atoms with van der Waals surface area (Å²) < 4.78 is 25.6. The number of amides is 5. The summed E-state index contributed by atoms with van der Waals surface area (Å²) in [5, 5.41) is 15.1. The molecule has 0 bridgehead atoms. The number of likely N-dealkylation sites (tertiary alicyclic amines) is 1. The molecule has 2 aromatic carbocycles. The van der Waals surface area contributed by atoms with Crippen molar-refractivity contribution in [3.8, 4) is 5.75 Å². The summed E-state index contributed by atoms with van der Waals surface area (Å²) in [6, 6.07) is 9.34. The van der Waals surface area contributed by atoms with Gasteiger partial charge in [0.15, 0.2) is 11.3 Å². The zero-order valence-corrected chi connectivity index (χ0v) is 30.8. The number of rotatable bonds is 9. The third-order valence-corrected chi connectivity index (χ3v) is 10.9. The highest BCUT2D eigenvalue weighted by molar-refractivity contribution is 6.23. The molecule has 4 aliphatic heterocycles. The summed E-state index contributed by atoms with van der Waals surface area (Å²) in [6.45, 7) is 5.76. The molecule has 4 aliphatic rings. The van der Waals surface area contributed by atoms with Crippen LogP contribution in [0, 0.1) is 0 Å². The van der Waals surface area contributed by atoms with E-state index in [-0.39, 0.29) is 61.7 Å². The van der Waals surface area contributed by atoms with Crippen molar-refractivity contribution in [3.05, 3.63) is 77.9 Å². The second kappa shape index (κ2) is 13.5. The van der Waals surface area contributed by atoms with E-state index in [1.165, 1.54) is 6.20 Å². The summed E-state index contributed by atoms with van der Waals surface area (Å²) in [7, 11) is 0. The SMILES string of the molecule is CC(C)Oc1cc2nn(C3CCN(CC4(F)CN(c5ccc6c(c5)C(=O)N([C@H]5CCC(=O)NC5=O)C6=O)C4)CC3)cc2cc1NC(=O)c1cnn2cccnc12. The fourth-order valence-corrected chi connectivity index (χ4v) is 8.20. The van der Waals surface area contributed by atoms with Gasteiger partial charge in [-0.2, -0.15) is 10.2 Å². The third kappa shape index (κ3) is 6.30. The highest BCUT2D eigenvalue weighted by Gasteiger charge is 2.48. The molecule has 3 aromatic heterocycles. The summed E-state index contributed by atoms with van der Waals surface area (Å²) >= 11 is 0. The van der Waals surface area contributed by atoms with Crippen LogP contribution >= 0.6 is 0 Å². The molecule has 5 aromatic rings. The number of hydrogen-bond acceptors (Lipinski definition) is 11. The number of aromatic nitrogens is 5. The number of hydrogen-bond donors (Lipinski definition) is 2. The van der Waals surface area contributed by atoms with E-state index in [1.54, 1.807) is 41.2 Å². The first-order valence-electron chi connectivity index (χ1n) is 18.7. The molecule has 3 fully saturated rings. The molecule has 56 heavy (non-hydrogen) atoms. The summed E-state index contributed by atoms with van der Waals surface area (Å²) in [5.41, 5.74) is 1.58. The molecule has 7 heterocycles. The molecular formula is C39H39FN10O6. The van der Waals surface area contributed by atoms with Gasteiger partial charge in [-0.05, 0) is 63.4 Å². The number of carbonyl (C=O) groups excluding carboxylic acids is 5. The highest BCUT2D eigenvalue weighted by atomic mass is 19.1. The van der Waals surface area contributed by atoms with E-state index in [0.717, 1.165) is 28.6 Å². The van der Waals surface area contributed by atoms with E-state index in [4.69, 9.17) is 9.84 Å². The van der Waals surface area contributed by atoms with Crippen LogP contribution in [0.2, 0.25) is 0 Å². The number of nitrogens with one attached hydrogen (secondary N) is 2. The lowest BCUT2D eigenvalue weighted by molar-refractivity contribution is -0.136. The van der Waals surface area contributed by atoms with E-state index in [1.807, 2.05) is 41.8 Å². The Kier molecular flexibility index (Phi) is 8.56. The first kappa shape index (κ1) is 35.5. The Hall–Kier alpha value is -6.23. The number of nitrogens with zero attached hydrogens (tertiary/aromatic N) is 8. The number of benzene rings is 2. The number of anilines is 2. The van der Waals surface area contributed by atoms with Crippen LogP contribution in [-0.4, -0.2) is 114 Å². The summed E-state index contributed by atoms with van der Waals surface area (Å²) in [4.78, 5) is 72.9. The average molecular weight is 763 g/mol. The lowest BCUT2D eigenvalue weighted by Crippen LogP contribution is -2.64. The number of fused-ring (bicyclic) bond motifs is 3. The van der Waals surface area contributed by atoms with Crippen LogP contribution in [0.5, 0.6) is 5.75 Å². The van der Waals surface area contributed by atoms with E-state index in [0.29, 0.717) is 41.4 Å². The van der Waals surface area contributed by atoms with Gasteiger partial charge in [0.2, 0.25) is 11.8 Å². The predicted molar refractivity (Wildman–Crippen MR) is 200 cm³/mol. The number of piperidine rings is 2. The molecule has 9 rings (SSSR count). The van der Waals surface area contributed by atoms with Gasteiger partial charge in [-0.25, -0.2) is 13.9 Å². The molecule has 288 valence electrons. The standard InChI is InChI=1S/C39H39FN10O6/c1-22(2)56-32-16-29-23(14-30(32)43-35(52)28-17-42-48-11-3-10-41-34(28)48)18-49(45-29)24-8-12-46(13-9-24)19-39(40)20-47(21-39)25-4-5-26-27(15-25)38(55)50(37(26)54)31-6-7-33(51)44-36(31)53/h3-5,10-11,14-18,22,24,31H,6-9,12-13,19-21H2,1-2H3,(H,43,52)(H,44,51,53)/t31-/m0/s1. The molecule has 1 atom stereocenters. The monoisotopic (exact) mass is 762 g/mol. The van der Waals surface area contributed by atoms with Crippen LogP contribution in [0.25, 0.3) is 16.6 Å². The maximum absolute atomic E-state index is 16.0. The number of halogens is 1. The molecule has 0 spiro atoms. The van der Waals surface area contributed by atoms with Crippen LogP contribution < -0.4 is 20.3 Å². The van der Waals surface area contributed by atoms with E-state index in [9.17, 15) is 24.0 Å². The number of ether oxygens (including phenoxy) is 1. The van der Waals surface area contributed by atoms with Crippen molar-refractivity contribution in [2.45, 2.75) is 63.4 Å². The van der Waals surface area contributed by atoms with Crippen molar-refractivity contribution in [1.82, 2.24) is 39.5 Å². The highest BCUT2D eigenvalue weighted by Crippen LogP contribution is 2.37. The first-order chi connectivity index (χ1) is 26.9. The van der Waals surface area contributed by atoms with E-state index in [2.05, 4.69) is 25.6 Å². The van der Waals surface area contributed by atoms with Crippen molar-refractivity contribution in [2.75, 3.05) is 42.9 Å². The minimum atomic E-state index is -1.45. The normalized spacial score (nSPS) is 20.2. The van der Waals surface area contributed by atoms with Gasteiger partial charge in [-0.15, -0.1) is 0 Å². The zero-order valence-electron chi connectivity index (χ0n) is 30.8. The Bertz CT molecular complexity index is 2450. The minimum absolute atomic E-state index is 0.0443. The molecule has 17 heteroatoms. The molecule has 3 saturated heterocycles. The van der Waals surface area contributed by atoms with E-state index >= 15 is 4.39 Å². The molecule has 5 amide bonds. The number of alkyl halides is 1. The first-order valence-corrected chi connectivity index (χ1v) is 18.7. The Morgan fingerprint density at radius 2 is 1.84 bits per heavy atom. The van der Waals surface area contributed by atoms with Crippen molar-refractivity contribution in [3.63, 3.8) is 0 Å². The Morgan fingerprint density at radius 3 is 2.61 bits per heavy atom. The number of carbonyl (C=O) groups is 5. The zero-order chi connectivity index (χ0) is 38.9. The fraction of sp³-hybridized carbons (Fsp3) is 0.385. The molecule has 2 N–H and O–H groups in total. The smallest absolute Gasteiger partial charge is 0.262 e. The van der Waals surface area contributed by atoms with Crippen LogP contribution in [0.1, 0.15) is 76.6 Å². The second-order valence-electron chi connectivity index (χ2n) is 15.3. The molecule has 0 radical (unpaired) electrons. The van der Waals surface area contributed by atoms with Gasteiger partial charge >= 0.3 is 0 Å². The van der Waals surface area contributed by atoms with Crippen molar-refractivity contribution >= 4 is 57.5 Å².